The van der Waals surface area contributed by atoms with Gasteiger partial charge in [0.05, 0.1) is 42.4 Å². The molecule has 4 atom stereocenters. The summed E-state index contributed by atoms with van der Waals surface area (Å²) in [6.45, 7) is 0. The van der Waals surface area contributed by atoms with Gasteiger partial charge in [0.1, 0.15) is 0 Å². The molecule has 2 saturated heterocycles. The van der Waals surface area contributed by atoms with Crippen molar-refractivity contribution in [1.82, 2.24) is 0 Å². The molecule has 3 aliphatic heterocycles. The zero-order chi connectivity index (χ0) is 15.4. The standard InChI is InChI=1S/C16H13NO5/c1-21-16(20)8-2-4-9(5-3-8)17-14(18)12-10-6-7-11(22-10)13(12)15(17)19/h2-7,10-13H,1H3/t10-,11-,12+,13+/m1/s1. The molecule has 1 aromatic carbocycles. The van der Waals surface area contributed by atoms with Gasteiger partial charge in [-0.25, -0.2) is 9.69 Å². The number of methoxy groups -OCH3 is 1. The number of carbonyl (C=O) groups is 3. The van der Waals surface area contributed by atoms with Crippen LogP contribution < -0.4 is 4.90 Å². The lowest BCUT2D eigenvalue weighted by Gasteiger charge is -2.17. The van der Waals surface area contributed by atoms with Gasteiger partial charge < -0.3 is 9.47 Å². The van der Waals surface area contributed by atoms with E-state index in [4.69, 9.17) is 4.74 Å². The van der Waals surface area contributed by atoms with Gasteiger partial charge in [0.15, 0.2) is 0 Å². The summed E-state index contributed by atoms with van der Waals surface area (Å²) in [5.41, 5.74) is 0.840. The summed E-state index contributed by atoms with van der Waals surface area (Å²) in [4.78, 5) is 37.8. The summed E-state index contributed by atoms with van der Waals surface area (Å²) in [6, 6.07) is 6.25. The highest BCUT2D eigenvalue weighted by molar-refractivity contribution is 6.23. The quantitative estimate of drug-likeness (QED) is 0.461. The van der Waals surface area contributed by atoms with Crippen molar-refractivity contribution < 1.29 is 23.9 Å². The molecule has 3 aliphatic rings. The topological polar surface area (TPSA) is 72.9 Å². The first-order valence-corrected chi connectivity index (χ1v) is 7.02. The lowest BCUT2D eigenvalue weighted by molar-refractivity contribution is -0.124. The third-order valence-corrected chi connectivity index (χ3v) is 4.46. The SMILES string of the molecule is COC(=O)c1ccc(N2C(=O)[C@@H]3[C@@H](C2=O)[C@H]2C=C[C@H]3O2)cc1. The van der Waals surface area contributed by atoms with Crippen LogP contribution in [0.4, 0.5) is 5.69 Å². The number of anilines is 1. The van der Waals surface area contributed by atoms with Crippen LogP contribution >= 0.6 is 0 Å². The van der Waals surface area contributed by atoms with E-state index in [9.17, 15) is 14.4 Å². The van der Waals surface area contributed by atoms with Gasteiger partial charge in [-0.15, -0.1) is 0 Å². The maximum Gasteiger partial charge on any atom is 0.337 e. The van der Waals surface area contributed by atoms with Gasteiger partial charge in [0.2, 0.25) is 11.8 Å². The Kier molecular flexibility index (Phi) is 2.71. The Balaban J connectivity index is 1.65. The Hall–Kier alpha value is -2.47. The molecule has 0 unspecified atom stereocenters. The second-order valence-corrected chi connectivity index (χ2v) is 5.55. The smallest absolute Gasteiger partial charge is 0.337 e. The van der Waals surface area contributed by atoms with Crippen molar-refractivity contribution in [3.05, 3.63) is 42.0 Å². The Morgan fingerprint density at radius 3 is 2.09 bits per heavy atom. The second-order valence-electron chi connectivity index (χ2n) is 5.55. The first-order valence-electron chi connectivity index (χ1n) is 7.02. The van der Waals surface area contributed by atoms with Crippen LogP contribution in [0, 0.1) is 11.8 Å². The number of nitrogens with zero attached hydrogens (tertiary/aromatic N) is 1. The van der Waals surface area contributed by atoms with Gasteiger partial charge in [-0.1, -0.05) is 12.2 Å². The number of hydrogen-bond donors (Lipinski definition) is 0. The Labute approximate surface area is 126 Å². The fourth-order valence-electron chi connectivity index (χ4n) is 3.42. The Morgan fingerprint density at radius 1 is 1.05 bits per heavy atom. The number of ether oxygens (including phenoxy) is 2. The minimum atomic E-state index is -0.460. The third kappa shape index (κ3) is 1.61. The molecule has 22 heavy (non-hydrogen) atoms. The Morgan fingerprint density at radius 2 is 1.59 bits per heavy atom. The minimum Gasteiger partial charge on any atom is -0.465 e. The molecule has 0 radical (unpaired) electrons. The maximum atomic E-state index is 12.6. The van der Waals surface area contributed by atoms with Gasteiger partial charge in [-0.2, -0.15) is 0 Å². The lowest BCUT2D eigenvalue weighted by atomic mass is 9.85. The van der Waals surface area contributed by atoms with Crippen LogP contribution in [0.3, 0.4) is 0 Å². The summed E-state index contributed by atoms with van der Waals surface area (Å²) < 4.78 is 10.2. The molecular weight excluding hydrogens is 286 g/mol. The van der Waals surface area contributed by atoms with Crippen LogP contribution in [0.25, 0.3) is 0 Å². The molecule has 3 heterocycles. The predicted molar refractivity (Wildman–Crippen MR) is 75.1 cm³/mol. The second kappa shape index (κ2) is 4.51. The molecule has 2 fully saturated rings. The van der Waals surface area contributed by atoms with E-state index in [0.29, 0.717) is 11.3 Å². The molecule has 0 saturated carbocycles. The monoisotopic (exact) mass is 299 g/mol. The van der Waals surface area contributed by atoms with Crippen molar-refractivity contribution >= 4 is 23.5 Å². The van der Waals surface area contributed by atoms with Gasteiger partial charge >= 0.3 is 5.97 Å². The molecular formula is C16H13NO5. The number of imide groups is 1. The van der Waals surface area contributed by atoms with E-state index >= 15 is 0 Å². The van der Waals surface area contributed by atoms with E-state index in [1.165, 1.54) is 12.0 Å². The zero-order valence-electron chi connectivity index (χ0n) is 11.8. The number of amides is 2. The van der Waals surface area contributed by atoms with Crippen molar-refractivity contribution in [2.45, 2.75) is 12.2 Å². The summed E-state index contributed by atoms with van der Waals surface area (Å²) >= 11 is 0. The molecule has 0 spiro atoms. The van der Waals surface area contributed by atoms with Gasteiger partial charge in [0, 0.05) is 0 Å². The van der Waals surface area contributed by atoms with E-state index in [-0.39, 0.29) is 24.0 Å². The zero-order valence-corrected chi connectivity index (χ0v) is 11.8. The molecule has 0 N–H and O–H groups in total. The molecule has 0 aliphatic carbocycles. The van der Waals surface area contributed by atoms with Crippen LogP contribution in [0.1, 0.15) is 10.4 Å². The number of rotatable bonds is 2. The van der Waals surface area contributed by atoms with E-state index in [1.54, 1.807) is 24.3 Å². The molecule has 112 valence electrons. The van der Waals surface area contributed by atoms with E-state index in [2.05, 4.69) is 4.74 Å². The third-order valence-electron chi connectivity index (χ3n) is 4.46. The largest absolute Gasteiger partial charge is 0.465 e. The molecule has 4 rings (SSSR count). The lowest BCUT2D eigenvalue weighted by Crippen LogP contribution is -2.34. The van der Waals surface area contributed by atoms with Crippen LogP contribution in [-0.4, -0.2) is 37.1 Å². The van der Waals surface area contributed by atoms with E-state index in [0.717, 1.165) is 0 Å². The molecule has 1 aromatic rings. The number of hydrogen-bond acceptors (Lipinski definition) is 5. The van der Waals surface area contributed by atoms with E-state index in [1.807, 2.05) is 12.2 Å². The number of fused-ring (bicyclic) bond motifs is 5. The highest BCUT2D eigenvalue weighted by atomic mass is 16.5. The van der Waals surface area contributed by atoms with Crippen molar-refractivity contribution in [3.63, 3.8) is 0 Å². The minimum absolute atomic E-state index is 0.238. The summed E-state index contributed by atoms with van der Waals surface area (Å²) in [7, 11) is 1.30. The number of carbonyl (C=O) groups excluding carboxylic acids is 3. The van der Waals surface area contributed by atoms with Crippen molar-refractivity contribution in [2.24, 2.45) is 11.8 Å². The van der Waals surface area contributed by atoms with Crippen molar-refractivity contribution in [2.75, 3.05) is 12.0 Å². The van der Waals surface area contributed by atoms with Crippen LogP contribution in [0.15, 0.2) is 36.4 Å². The molecule has 2 bridgehead atoms. The summed E-state index contributed by atoms with van der Waals surface area (Å²) in [6.07, 6.45) is 3.10. The maximum absolute atomic E-state index is 12.6. The van der Waals surface area contributed by atoms with Gasteiger partial charge in [0.25, 0.3) is 0 Å². The molecule has 6 heteroatoms. The number of esters is 1. The van der Waals surface area contributed by atoms with Crippen molar-refractivity contribution in [3.8, 4) is 0 Å². The predicted octanol–water partition coefficient (Wildman–Crippen LogP) is 0.916. The van der Waals surface area contributed by atoms with Crippen LogP contribution in [-0.2, 0) is 19.1 Å². The fraction of sp³-hybridized carbons (Fsp3) is 0.312. The molecule has 6 nitrogen and oxygen atoms in total. The average molecular weight is 299 g/mol. The highest BCUT2D eigenvalue weighted by Gasteiger charge is 2.60. The average Bonchev–Trinajstić information content (AvgIpc) is 3.21. The first-order chi connectivity index (χ1) is 10.6. The Bertz CT molecular complexity index is 678. The summed E-state index contributed by atoms with van der Waals surface area (Å²) in [5.74, 6) is -1.79. The molecule has 0 aromatic heterocycles. The van der Waals surface area contributed by atoms with E-state index < -0.39 is 17.8 Å². The van der Waals surface area contributed by atoms with Gasteiger partial charge in [-0.3, -0.25) is 9.59 Å². The highest BCUT2D eigenvalue weighted by Crippen LogP contribution is 2.46. The van der Waals surface area contributed by atoms with Crippen LogP contribution in [0.5, 0.6) is 0 Å². The number of benzene rings is 1. The summed E-state index contributed by atoms with van der Waals surface area (Å²) in [5, 5.41) is 0. The normalized spacial score (nSPS) is 31.8. The van der Waals surface area contributed by atoms with Crippen LogP contribution in [0.2, 0.25) is 0 Å². The fourth-order valence-corrected chi connectivity index (χ4v) is 3.42. The molecule has 2 amide bonds. The first kappa shape index (κ1) is 13.2. The van der Waals surface area contributed by atoms with Gasteiger partial charge in [-0.05, 0) is 24.3 Å². The van der Waals surface area contributed by atoms with Crippen molar-refractivity contribution in [1.29, 1.82) is 0 Å².